The summed E-state index contributed by atoms with van der Waals surface area (Å²) in [4.78, 5) is 0.240. The first kappa shape index (κ1) is 15.6. The van der Waals surface area contributed by atoms with E-state index in [2.05, 4.69) is 4.72 Å². The maximum absolute atomic E-state index is 12.6. The third kappa shape index (κ3) is 2.96. The topological polar surface area (TPSA) is 85.3 Å². The second kappa shape index (κ2) is 5.54. The van der Waals surface area contributed by atoms with Crippen LogP contribution in [0.1, 0.15) is 35.4 Å². The van der Waals surface area contributed by atoms with Crippen molar-refractivity contribution in [2.75, 3.05) is 5.73 Å². The molecule has 3 N–H and O–H groups in total. The lowest BCUT2D eigenvalue weighted by molar-refractivity contribution is 0.459. The predicted octanol–water partition coefficient (Wildman–Crippen LogP) is 2.83. The number of anilines is 1. The SMILES string of the molecule is Cc1cc(C)c(S(=O)(=O)NC(C)c2ccco2)c(C)c1N. The van der Waals surface area contributed by atoms with Crippen LogP contribution in [0.25, 0.3) is 0 Å². The van der Waals surface area contributed by atoms with E-state index in [0.717, 1.165) is 5.56 Å². The van der Waals surface area contributed by atoms with Crippen molar-refractivity contribution in [1.29, 1.82) is 0 Å². The fraction of sp³-hybridized carbons (Fsp3) is 0.333. The standard InChI is InChI=1S/C15H20N2O3S/c1-9-8-10(2)15(11(3)14(9)16)21(18,19)17-12(4)13-6-5-7-20-13/h5-8,12,17H,16H2,1-4H3. The van der Waals surface area contributed by atoms with Crippen LogP contribution in [0.15, 0.2) is 33.8 Å². The third-order valence-corrected chi connectivity index (χ3v) is 5.36. The van der Waals surface area contributed by atoms with Crippen LogP contribution in [0.2, 0.25) is 0 Å². The Morgan fingerprint density at radius 2 is 1.90 bits per heavy atom. The molecule has 0 spiro atoms. The Bertz CT molecular complexity index is 750. The molecular weight excluding hydrogens is 288 g/mol. The number of benzene rings is 1. The molecule has 0 fully saturated rings. The smallest absolute Gasteiger partial charge is 0.241 e. The molecule has 1 unspecified atom stereocenters. The number of nitrogens with two attached hydrogens (primary N) is 1. The number of sulfonamides is 1. The van der Waals surface area contributed by atoms with Crippen molar-refractivity contribution in [1.82, 2.24) is 4.72 Å². The van der Waals surface area contributed by atoms with Gasteiger partial charge in [-0.2, -0.15) is 0 Å². The van der Waals surface area contributed by atoms with E-state index in [4.69, 9.17) is 10.2 Å². The van der Waals surface area contributed by atoms with Crippen molar-refractivity contribution >= 4 is 15.7 Å². The summed E-state index contributed by atoms with van der Waals surface area (Å²) >= 11 is 0. The van der Waals surface area contributed by atoms with Gasteiger partial charge in [0.2, 0.25) is 10.0 Å². The quantitative estimate of drug-likeness (QED) is 0.850. The first-order valence-electron chi connectivity index (χ1n) is 6.66. The summed E-state index contributed by atoms with van der Waals surface area (Å²) in [6.45, 7) is 7.09. The van der Waals surface area contributed by atoms with Gasteiger partial charge in [-0.05, 0) is 56.5 Å². The maximum Gasteiger partial charge on any atom is 0.241 e. The Morgan fingerprint density at radius 1 is 1.24 bits per heavy atom. The Kier molecular flexibility index (Phi) is 4.11. The Labute approximate surface area is 125 Å². The minimum Gasteiger partial charge on any atom is -0.468 e. The molecule has 2 rings (SSSR count). The lowest BCUT2D eigenvalue weighted by Gasteiger charge is -2.18. The molecule has 0 saturated heterocycles. The summed E-state index contributed by atoms with van der Waals surface area (Å²) in [6.07, 6.45) is 1.51. The predicted molar refractivity (Wildman–Crippen MR) is 82.5 cm³/mol. The number of hydrogen-bond acceptors (Lipinski definition) is 4. The first-order chi connectivity index (χ1) is 9.74. The van der Waals surface area contributed by atoms with E-state index in [1.54, 1.807) is 39.0 Å². The molecule has 0 saturated carbocycles. The minimum atomic E-state index is -3.68. The molecule has 114 valence electrons. The molecule has 5 nitrogen and oxygen atoms in total. The van der Waals surface area contributed by atoms with Gasteiger partial charge in [0.15, 0.2) is 0 Å². The van der Waals surface area contributed by atoms with Gasteiger partial charge in [0, 0.05) is 5.69 Å². The summed E-state index contributed by atoms with van der Waals surface area (Å²) < 4.78 is 33.1. The van der Waals surface area contributed by atoms with Gasteiger partial charge < -0.3 is 10.2 Å². The third-order valence-electron chi connectivity index (χ3n) is 3.53. The van der Waals surface area contributed by atoms with Crippen molar-refractivity contribution in [3.8, 4) is 0 Å². The van der Waals surface area contributed by atoms with Crippen molar-refractivity contribution in [3.63, 3.8) is 0 Å². The second-order valence-corrected chi connectivity index (χ2v) is 6.89. The highest BCUT2D eigenvalue weighted by molar-refractivity contribution is 7.89. The van der Waals surface area contributed by atoms with Crippen LogP contribution < -0.4 is 10.5 Å². The summed E-state index contributed by atoms with van der Waals surface area (Å²) in [5.41, 5.74) is 8.60. The summed E-state index contributed by atoms with van der Waals surface area (Å²) in [7, 11) is -3.68. The number of rotatable bonds is 4. The van der Waals surface area contributed by atoms with E-state index >= 15 is 0 Å². The van der Waals surface area contributed by atoms with Crippen molar-refractivity contribution in [2.24, 2.45) is 0 Å². The van der Waals surface area contributed by atoms with Gasteiger partial charge in [-0.15, -0.1) is 0 Å². The average molecular weight is 308 g/mol. The van der Waals surface area contributed by atoms with E-state index in [-0.39, 0.29) is 4.90 Å². The molecule has 1 heterocycles. The number of hydrogen-bond donors (Lipinski definition) is 2. The number of aryl methyl sites for hydroxylation is 2. The van der Waals surface area contributed by atoms with Gasteiger partial charge in [-0.1, -0.05) is 6.07 Å². The Hall–Kier alpha value is -1.79. The Balaban J connectivity index is 2.43. The van der Waals surface area contributed by atoms with Crippen molar-refractivity contribution in [3.05, 3.63) is 46.9 Å². The highest BCUT2D eigenvalue weighted by atomic mass is 32.2. The van der Waals surface area contributed by atoms with E-state index in [9.17, 15) is 8.42 Å². The van der Waals surface area contributed by atoms with Gasteiger partial charge in [0.1, 0.15) is 5.76 Å². The average Bonchev–Trinajstić information content (AvgIpc) is 2.89. The van der Waals surface area contributed by atoms with Gasteiger partial charge in [0.25, 0.3) is 0 Å². The van der Waals surface area contributed by atoms with Crippen LogP contribution in [0.5, 0.6) is 0 Å². The molecule has 0 aliphatic carbocycles. The molecule has 0 bridgehead atoms. The number of nitrogen functional groups attached to an aromatic ring is 1. The fourth-order valence-electron chi connectivity index (χ4n) is 2.48. The van der Waals surface area contributed by atoms with Crippen LogP contribution in [0.4, 0.5) is 5.69 Å². The van der Waals surface area contributed by atoms with Gasteiger partial charge >= 0.3 is 0 Å². The van der Waals surface area contributed by atoms with Crippen molar-refractivity contribution < 1.29 is 12.8 Å². The van der Waals surface area contributed by atoms with Crippen LogP contribution in [0, 0.1) is 20.8 Å². The summed E-state index contributed by atoms with van der Waals surface area (Å²) in [5, 5.41) is 0. The minimum absolute atomic E-state index is 0.240. The largest absolute Gasteiger partial charge is 0.468 e. The molecule has 0 amide bonds. The van der Waals surface area contributed by atoms with E-state index in [1.165, 1.54) is 6.26 Å². The summed E-state index contributed by atoms with van der Waals surface area (Å²) in [5.74, 6) is 0.564. The molecular formula is C15H20N2O3S. The first-order valence-corrected chi connectivity index (χ1v) is 8.14. The molecule has 0 aliphatic rings. The van der Waals surface area contributed by atoms with Crippen LogP contribution in [0.3, 0.4) is 0 Å². The van der Waals surface area contributed by atoms with E-state index in [0.29, 0.717) is 22.6 Å². The van der Waals surface area contributed by atoms with Gasteiger partial charge in [0.05, 0.1) is 17.2 Å². The maximum atomic E-state index is 12.6. The van der Waals surface area contributed by atoms with Crippen LogP contribution in [-0.2, 0) is 10.0 Å². The van der Waals surface area contributed by atoms with Crippen LogP contribution >= 0.6 is 0 Å². The molecule has 1 aromatic carbocycles. The van der Waals surface area contributed by atoms with Gasteiger partial charge in [-0.3, -0.25) is 0 Å². The lowest BCUT2D eigenvalue weighted by atomic mass is 10.1. The lowest BCUT2D eigenvalue weighted by Crippen LogP contribution is -2.28. The normalized spacial score (nSPS) is 13.3. The second-order valence-electron chi connectivity index (χ2n) is 5.24. The van der Waals surface area contributed by atoms with Crippen LogP contribution in [-0.4, -0.2) is 8.42 Å². The number of nitrogens with one attached hydrogen (secondary N) is 1. The molecule has 1 aromatic heterocycles. The summed E-state index contributed by atoms with van der Waals surface area (Å²) in [6, 6.07) is 4.79. The zero-order valence-electron chi connectivity index (χ0n) is 12.6. The molecule has 2 aromatic rings. The Morgan fingerprint density at radius 3 is 2.48 bits per heavy atom. The molecule has 0 radical (unpaired) electrons. The molecule has 0 aliphatic heterocycles. The van der Waals surface area contributed by atoms with Gasteiger partial charge in [-0.25, -0.2) is 13.1 Å². The zero-order chi connectivity index (χ0) is 15.8. The van der Waals surface area contributed by atoms with Crippen molar-refractivity contribution in [2.45, 2.75) is 38.6 Å². The highest BCUT2D eigenvalue weighted by Gasteiger charge is 2.25. The monoisotopic (exact) mass is 308 g/mol. The number of furan rings is 1. The zero-order valence-corrected chi connectivity index (χ0v) is 13.4. The highest BCUT2D eigenvalue weighted by Crippen LogP contribution is 2.29. The van der Waals surface area contributed by atoms with E-state index in [1.807, 2.05) is 6.92 Å². The fourth-order valence-corrected chi connectivity index (χ4v) is 4.18. The molecule has 21 heavy (non-hydrogen) atoms. The molecule has 1 atom stereocenters. The molecule has 6 heteroatoms. The van der Waals surface area contributed by atoms with E-state index < -0.39 is 16.1 Å².